The van der Waals surface area contributed by atoms with E-state index in [0.29, 0.717) is 0 Å². The van der Waals surface area contributed by atoms with Crippen LogP contribution in [-0.4, -0.2) is 22.2 Å². The molecule has 1 aliphatic rings. The van der Waals surface area contributed by atoms with Crippen LogP contribution in [0, 0.1) is 5.92 Å². The Morgan fingerprint density at radius 3 is 2.76 bits per heavy atom. The number of carboxylic acid groups (broad SMARTS) is 1. The molecule has 4 heteroatoms. The first-order chi connectivity index (χ1) is 8.16. The molecule has 4 nitrogen and oxygen atoms in total. The molecule has 1 N–H and O–H groups in total. The van der Waals surface area contributed by atoms with Crippen LogP contribution in [0.1, 0.15) is 43.0 Å². The van der Waals surface area contributed by atoms with Crippen molar-refractivity contribution >= 4 is 5.97 Å². The Morgan fingerprint density at radius 1 is 1.41 bits per heavy atom. The molecule has 0 aliphatic heterocycles. The van der Waals surface area contributed by atoms with Crippen LogP contribution in [0.2, 0.25) is 0 Å². The predicted molar refractivity (Wildman–Crippen MR) is 63.2 cm³/mol. The van der Waals surface area contributed by atoms with Gasteiger partial charge in [-0.15, -0.1) is 0 Å². The van der Waals surface area contributed by atoms with Crippen LogP contribution in [0.5, 0.6) is 5.88 Å². The van der Waals surface area contributed by atoms with Crippen molar-refractivity contribution < 1.29 is 14.6 Å². The minimum atomic E-state index is -0.989. The van der Waals surface area contributed by atoms with Gasteiger partial charge in [-0.2, -0.15) is 0 Å². The Labute approximate surface area is 101 Å². The Hall–Kier alpha value is -1.58. The fourth-order valence-electron chi connectivity index (χ4n) is 2.15. The van der Waals surface area contributed by atoms with Crippen LogP contribution < -0.4 is 4.74 Å². The predicted octanol–water partition coefficient (Wildman–Crippen LogP) is 2.74. The molecule has 0 saturated heterocycles. The lowest BCUT2D eigenvalue weighted by Gasteiger charge is -2.26. The third-order valence-corrected chi connectivity index (χ3v) is 3.24. The highest BCUT2D eigenvalue weighted by Crippen LogP contribution is 2.27. The van der Waals surface area contributed by atoms with Gasteiger partial charge in [-0.05, 0) is 43.7 Å². The number of nitrogens with zero attached hydrogens (tertiary/aromatic N) is 1. The summed E-state index contributed by atoms with van der Waals surface area (Å²) in [6.07, 6.45) is 5.92. The zero-order chi connectivity index (χ0) is 12.3. The monoisotopic (exact) mass is 235 g/mol. The molecule has 0 amide bonds. The normalized spacial score (nSPS) is 24.3. The van der Waals surface area contributed by atoms with Gasteiger partial charge in [0.15, 0.2) is 0 Å². The van der Waals surface area contributed by atoms with Crippen LogP contribution in [0.4, 0.5) is 0 Å². The molecule has 0 bridgehead atoms. The smallest absolute Gasteiger partial charge is 0.341 e. The Kier molecular flexibility index (Phi) is 3.61. The summed E-state index contributed by atoms with van der Waals surface area (Å²) in [6, 6.07) is 3.13. The number of carbonyl (C=O) groups is 1. The second-order valence-electron chi connectivity index (χ2n) is 4.66. The molecular formula is C13H17NO3. The van der Waals surface area contributed by atoms with Crippen molar-refractivity contribution in [2.24, 2.45) is 5.92 Å². The standard InChI is InChI=1S/C13H17NO3/c1-9-4-6-10(7-5-9)17-12-11(13(15)16)3-2-8-14-12/h2-3,8-10H,4-7H2,1H3,(H,15,16). The first-order valence-electron chi connectivity index (χ1n) is 6.02. The summed E-state index contributed by atoms with van der Waals surface area (Å²) >= 11 is 0. The van der Waals surface area contributed by atoms with Crippen molar-refractivity contribution in [3.8, 4) is 5.88 Å². The third-order valence-electron chi connectivity index (χ3n) is 3.24. The average Bonchev–Trinajstić information content (AvgIpc) is 2.32. The minimum Gasteiger partial charge on any atom is -0.477 e. The molecule has 2 rings (SSSR count). The number of aromatic carboxylic acids is 1. The Balaban J connectivity index is 2.05. The summed E-state index contributed by atoms with van der Waals surface area (Å²) in [6.45, 7) is 2.24. The lowest BCUT2D eigenvalue weighted by Crippen LogP contribution is -2.24. The molecule has 1 heterocycles. The van der Waals surface area contributed by atoms with Gasteiger partial charge in [0.25, 0.3) is 0 Å². The lowest BCUT2D eigenvalue weighted by molar-refractivity contribution is 0.0681. The second-order valence-corrected chi connectivity index (χ2v) is 4.66. The number of hydrogen-bond acceptors (Lipinski definition) is 3. The van der Waals surface area contributed by atoms with Crippen LogP contribution in [0.25, 0.3) is 0 Å². The molecule has 1 fully saturated rings. The van der Waals surface area contributed by atoms with Crippen LogP contribution in [0.3, 0.4) is 0 Å². The van der Waals surface area contributed by atoms with E-state index in [-0.39, 0.29) is 17.5 Å². The van der Waals surface area contributed by atoms with Crippen LogP contribution in [0.15, 0.2) is 18.3 Å². The molecule has 1 aliphatic carbocycles. The highest BCUT2D eigenvalue weighted by Gasteiger charge is 2.22. The van der Waals surface area contributed by atoms with E-state index in [0.717, 1.165) is 31.6 Å². The highest BCUT2D eigenvalue weighted by molar-refractivity contribution is 5.90. The van der Waals surface area contributed by atoms with Gasteiger partial charge in [0.05, 0.1) is 0 Å². The minimum absolute atomic E-state index is 0.110. The molecular weight excluding hydrogens is 218 g/mol. The molecule has 92 valence electrons. The van der Waals surface area contributed by atoms with E-state index in [2.05, 4.69) is 11.9 Å². The third kappa shape index (κ3) is 2.96. The van der Waals surface area contributed by atoms with E-state index < -0.39 is 5.97 Å². The van der Waals surface area contributed by atoms with Gasteiger partial charge in [-0.3, -0.25) is 0 Å². The fourth-order valence-corrected chi connectivity index (χ4v) is 2.15. The van der Waals surface area contributed by atoms with E-state index in [9.17, 15) is 4.79 Å². The highest BCUT2D eigenvalue weighted by atomic mass is 16.5. The quantitative estimate of drug-likeness (QED) is 0.875. The Bertz CT molecular complexity index is 397. The molecule has 1 aromatic heterocycles. The summed E-state index contributed by atoms with van der Waals surface area (Å²) in [5.74, 6) is 0.00866. The molecule has 0 atom stereocenters. The topological polar surface area (TPSA) is 59.4 Å². The van der Waals surface area contributed by atoms with Gasteiger partial charge < -0.3 is 9.84 Å². The Morgan fingerprint density at radius 2 is 2.12 bits per heavy atom. The fraction of sp³-hybridized carbons (Fsp3) is 0.538. The molecule has 17 heavy (non-hydrogen) atoms. The number of hydrogen-bond donors (Lipinski definition) is 1. The summed E-state index contributed by atoms with van der Waals surface area (Å²) < 4.78 is 5.70. The largest absolute Gasteiger partial charge is 0.477 e. The number of pyridine rings is 1. The van der Waals surface area contributed by atoms with Crippen molar-refractivity contribution in [1.82, 2.24) is 4.98 Å². The zero-order valence-electron chi connectivity index (χ0n) is 9.93. The van der Waals surface area contributed by atoms with Crippen molar-refractivity contribution in [3.63, 3.8) is 0 Å². The van der Waals surface area contributed by atoms with Crippen LogP contribution >= 0.6 is 0 Å². The summed E-state index contributed by atoms with van der Waals surface area (Å²) in [4.78, 5) is 15.0. The first-order valence-corrected chi connectivity index (χ1v) is 6.02. The number of aromatic nitrogens is 1. The first kappa shape index (κ1) is 11.9. The van der Waals surface area contributed by atoms with E-state index in [4.69, 9.17) is 9.84 Å². The van der Waals surface area contributed by atoms with Gasteiger partial charge >= 0.3 is 5.97 Å². The number of carboxylic acids is 1. The molecule has 0 unspecified atom stereocenters. The van der Waals surface area contributed by atoms with E-state index in [1.54, 1.807) is 12.3 Å². The van der Waals surface area contributed by atoms with E-state index in [1.807, 2.05) is 0 Å². The van der Waals surface area contributed by atoms with Gasteiger partial charge in [0, 0.05) is 6.20 Å². The summed E-state index contributed by atoms with van der Waals surface area (Å²) in [7, 11) is 0. The lowest BCUT2D eigenvalue weighted by atomic mass is 9.89. The maximum Gasteiger partial charge on any atom is 0.341 e. The molecule has 1 aromatic rings. The van der Waals surface area contributed by atoms with Crippen LogP contribution in [-0.2, 0) is 0 Å². The zero-order valence-corrected chi connectivity index (χ0v) is 9.93. The van der Waals surface area contributed by atoms with Gasteiger partial charge in [-0.25, -0.2) is 9.78 Å². The maximum absolute atomic E-state index is 11.0. The van der Waals surface area contributed by atoms with Crippen molar-refractivity contribution in [3.05, 3.63) is 23.9 Å². The van der Waals surface area contributed by atoms with E-state index in [1.165, 1.54) is 6.07 Å². The van der Waals surface area contributed by atoms with Crippen molar-refractivity contribution in [2.75, 3.05) is 0 Å². The molecule has 0 aromatic carbocycles. The van der Waals surface area contributed by atoms with Crippen molar-refractivity contribution in [2.45, 2.75) is 38.7 Å². The molecule has 1 saturated carbocycles. The second kappa shape index (κ2) is 5.17. The molecule has 0 spiro atoms. The van der Waals surface area contributed by atoms with Gasteiger partial charge in [0.1, 0.15) is 11.7 Å². The number of ether oxygens (including phenoxy) is 1. The average molecular weight is 235 g/mol. The maximum atomic E-state index is 11.0. The summed E-state index contributed by atoms with van der Waals surface area (Å²) in [5.41, 5.74) is 0.145. The SMILES string of the molecule is CC1CCC(Oc2ncccc2C(=O)O)CC1. The van der Waals surface area contributed by atoms with Gasteiger partial charge in [0.2, 0.25) is 5.88 Å². The van der Waals surface area contributed by atoms with Crippen molar-refractivity contribution in [1.29, 1.82) is 0 Å². The molecule has 0 radical (unpaired) electrons. The summed E-state index contributed by atoms with van der Waals surface area (Å²) in [5, 5.41) is 9.02. The van der Waals surface area contributed by atoms with Gasteiger partial charge in [-0.1, -0.05) is 6.92 Å². The van der Waals surface area contributed by atoms with E-state index >= 15 is 0 Å². The number of rotatable bonds is 3.